The first-order valence-electron chi connectivity index (χ1n) is 28.0. The number of piperidine rings is 2. The summed E-state index contributed by atoms with van der Waals surface area (Å²) < 4.78 is 14.3. The van der Waals surface area contributed by atoms with Crippen molar-refractivity contribution in [1.82, 2.24) is 31.9 Å². The molecule has 6 aliphatic carbocycles. The van der Waals surface area contributed by atoms with Gasteiger partial charge in [0, 0.05) is 63.4 Å². The third-order valence-electron chi connectivity index (χ3n) is 22.1. The van der Waals surface area contributed by atoms with Crippen LogP contribution in [0.3, 0.4) is 0 Å². The highest BCUT2D eigenvalue weighted by molar-refractivity contribution is 5.04. The van der Waals surface area contributed by atoms with Gasteiger partial charge in [0.25, 0.3) is 0 Å². The van der Waals surface area contributed by atoms with Crippen LogP contribution in [-0.4, -0.2) is 101 Å². The van der Waals surface area contributed by atoms with E-state index in [0.29, 0.717) is 48.6 Å². The summed E-state index contributed by atoms with van der Waals surface area (Å²) in [7, 11) is 0. The highest BCUT2D eigenvalue weighted by atomic mass is 16.6. The molecule has 62 heavy (non-hydrogen) atoms. The molecule has 20 atom stereocenters. The van der Waals surface area contributed by atoms with Crippen LogP contribution in [0.5, 0.6) is 0 Å². The van der Waals surface area contributed by atoms with Gasteiger partial charge in [0.15, 0.2) is 0 Å². The fourth-order valence-corrected chi connectivity index (χ4v) is 18.8. The third kappa shape index (κ3) is 8.93. The van der Waals surface area contributed by atoms with Crippen LogP contribution in [0.4, 0.5) is 0 Å². The van der Waals surface area contributed by atoms with Crippen LogP contribution >= 0.6 is 0 Å². The molecule has 0 spiro atoms. The summed E-state index contributed by atoms with van der Waals surface area (Å²) in [6.07, 6.45) is 27.0. The average molecular weight is 859 g/mol. The van der Waals surface area contributed by atoms with Crippen molar-refractivity contribution >= 4 is 0 Å². The molecule has 11 fully saturated rings. The molecule has 6 N–H and O–H groups in total. The summed E-state index contributed by atoms with van der Waals surface area (Å²) in [4.78, 5) is 0. The number of nitrogens with one attached hydrogen (secondary N) is 6. The van der Waals surface area contributed by atoms with Gasteiger partial charge in [0.05, 0.1) is 24.4 Å². The molecule has 352 valence electrons. The minimum absolute atomic E-state index is 0.361. The van der Waals surface area contributed by atoms with Crippen LogP contribution < -0.4 is 31.9 Å². The predicted molar refractivity (Wildman–Crippen MR) is 252 cm³/mol. The molecule has 5 aliphatic heterocycles. The molecule has 5 heterocycles. The highest BCUT2D eigenvalue weighted by Gasteiger charge is 2.50. The maximum absolute atomic E-state index is 7.26. The second kappa shape index (κ2) is 19.4. The van der Waals surface area contributed by atoms with Crippen LogP contribution in [-0.2, 0) is 9.47 Å². The van der Waals surface area contributed by atoms with Crippen molar-refractivity contribution in [2.45, 2.75) is 192 Å². The molecular weight excluding hydrogens is 765 g/mol. The Morgan fingerprint density at radius 3 is 1.11 bits per heavy atom. The van der Waals surface area contributed by atoms with Crippen LogP contribution in [0.15, 0.2) is 0 Å². The Kier molecular flexibility index (Phi) is 13.8. The van der Waals surface area contributed by atoms with Crippen molar-refractivity contribution in [1.29, 1.82) is 0 Å². The number of piperazine rings is 2. The quantitative estimate of drug-likeness (QED) is 0.163. The maximum Gasteiger partial charge on any atom is 0.0844 e. The van der Waals surface area contributed by atoms with E-state index in [4.69, 9.17) is 9.47 Å². The molecule has 0 aromatic rings. The molecule has 0 aromatic heterocycles. The Morgan fingerprint density at radius 2 is 0.661 bits per heavy atom. The van der Waals surface area contributed by atoms with Crippen molar-refractivity contribution in [2.24, 2.45) is 94.7 Å². The molecule has 11 aliphatic rings. The number of fused-ring (bicyclic) bond motifs is 4. The van der Waals surface area contributed by atoms with E-state index in [1.54, 1.807) is 0 Å². The van der Waals surface area contributed by atoms with E-state index in [9.17, 15) is 0 Å². The highest BCUT2D eigenvalue weighted by Crippen LogP contribution is 2.54. The van der Waals surface area contributed by atoms with E-state index in [2.05, 4.69) is 59.6 Å². The van der Waals surface area contributed by atoms with Crippen molar-refractivity contribution in [3.05, 3.63) is 0 Å². The Morgan fingerprint density at radius 1 is 0.306 bits per heavy atom. The summed E-state index contributed by atoms with van der Waals surface area (Å²) >= 11 is 0. The normalized spacial score (nSPS) is 55.2. The lowest BCUT2D eigenvalue weighted by atomic mass is 9.57. The van der Waals surface area contributed by atoms with E-state index in [1.807, 2.05) is 0 Å². The summed E-state index contributed by atoms with van der Waals surface area (Å²) in [5.41, 5.74) is 0. The fourth-order valence-electron chi connectivity index (χ4n) is 18.8. The van der Waals surface area contributed by atoms with Crippen LogP contribution in [0.25, 0.3) is 0 Å². The van der Waals surface area contributed by atoms with Crippen LogP contribution in [0, 0.1) is 94.7 Å². The van der Waals surface area contributed by atoms with E-state index in [1.165, 1.54) is 129 Å². The van der Waals surface area contributed by atoms with Crippen molar-refractivity contribution in [3.63, 3.8) is 0 Å². The van der Waals surface area contributed by atoms with E-state index < -0.39 is 0 Å². The number of ether oxygens (including phenoxy) is 2. The van der Waals surface area contributed by atoms with Gasteiger partial charge in [-0.1, -0.05) is 27.7 Å². The Hall–Kier alpha value is -0.320. The second-order valence-corrected chi connectivity index (χ2v) is 25.2. The van der Waals surface area contributed by atoms with Crippen LogP contribution in [0.2, 0.25) is 0 Å². The molecule has 6 saturated carbocycles. The summed E-state index contributed by atoms with van der Waals surface area (Å²) in [5.74, 6) is 14.1. The zero-order valence-electron chi connectivity index (χ0n) is 40.1. The SMILES string of the molecule is CC1CC(C2CNCC3NCCNC32)C(C)CC1C1CCC(C2CCC3OC4CCC(C5CCC(C6CC(C)C(C7CNCC8NCCNC87)CC6C)CC5)CC4OC3C2)CC1. The van der Waals surface area contributed by atoms with Gasteiger partial charge in [0.1, 0.15) is 0 Å². The van der Waals surface area contributed by atoms with Crippen molar-refractivity contribution in [2.75, 3.05) is 52.4 Å². The Bertz CT molecular complexity index is 1340. The van der Waals surface area contributed by atoms with Gasteiger partial charge >= 0.3 is 0 Å². The Labute approximate surface area is 379 Å². The number of hydrogen-bond acceptors (Lipinski definition) is 8. The first kappa shape index (κ1) is 44.2. The molecule has 8 heteroatoms. The van der Waals surface area contributed by atoms with Gasteiger partial charge < -0.3 is 41.4 Å². The van der Waals surface area contributed by atoms with Gasteiger partial charge in [-0.05, 0) is 223 Å². The fraction of sp³-hybridized carbons (Fsp3) is 1.00. The van der Waals surface area contributed by atoms with Gasteiger partial charge in [-0.3, -0.25) is 0 Å². The lowest BCUT2D eigenvalue weighted by Crippen LogP contribution is -2.68. The zero-order chi connectivity index (χ0) is 41.9. The molecule has 11 rings (SSSR count). The minimum Gasteiger partial charge on any atom is -0.370 e. The predicted octanol–water partition coefficient (Wildman–Crippen LogP) is 7.62. The number of rotatable bonds is 6. The standard InChI is InChI=1S/C54H94N6O2/c1-31-23-43(45-27-55-29-47-53(45)59-19-17-57-47)33(3)21-41(31)37-9-5-35(6-10-37)39-13-15-49-51(25-39)62-52-26-40(14-16-50(52)61-49)36-7-11-38(12-8-36)42-22-34(4)44(24-32(42)2)46-28-56-30-48-54(46)60-20-18-58-48/h31-60H,5-30H2,1-4H3. The zero-order valence-corrected chi connectivity index (χ0v) is 40.1. The third-order valence-corrected chi connectivity index (χ3v) is 22.1. The van der Waals surface area contributed by atoms with Crippen LogP contribution in [0.1, 0.15) is 143 Å². The Balaban J connectivity index is 0.628. The van der Waals surface area contributed by atoms with Crippen molar-refractivity contribution in [3.8, 4) is 0 Å². The minimum atomic E-state index is 0.361. The molecule has 20 unspecified atom stereocenters. The average Bonchev–Trinajstić information content (AvgIpc) is 3.31. The smallest absolute Gasteiger partial charge is 0.0844 e. The topological polar surface area (TPSA) is 90.6 Å². The summed E-state index contributed by atoms with van der Waals surface area (Å²) in [5, 5.41) is 23.2. The van der Waals surface area contributed by atoms with Crippen molar-refractivity contribution < 1.29 is 9.47 Å². The van der Waals surface area contributed by atoms with Gasteiger partial charge in [-0.15, -0.1) is 0 Å². The molecule has 0 radical (unpaired) electrons. The van der Waals surface area contributed by atoms with Gasteiger partial charge in [-0.2, -0.15) is 0 Å². The molecule has 0 bridgehead atoms. The lowest BCUT2D eigenvalue weighted by molar-refractivity contribution is -0.252. The lowest BCUT2D eigenvalue weighted by Gasteiger charge is -2.52. The maximum atomic E-state index is 7.26. The largest absolute Gasteiger partial charge is 0.370 e. The first-order chi connectivity index (χ1) is 30.3. The summed E-state index contributed by atoms with van der Waals surface area (Å²) in [6.45, 7) is 19.8. The van der Waals surface area contributed by atoms with E-state index in [0.717, 1.165) is 134 Å². The van der Waals surface area contributed by atoms with Gasteiger partial charge in [0.2, 0.25) is 0 Å². The number of hydrogen-bond donors (Lipinski definition) is 6. The monoisotopic (exact) mass is 859 g/mol. The van der Waals surface area contributed by atoms with E-state index >= 15 is 0 Å². The first-order valence-corrected chi connectivity index (χ1v) is 28.0. The molecule has 5 saturated heterocycles. The summed E-state index contributed by atoms with van der Waals surface area (Å²) in [6, 6.07) is 2.57. The molecular formula is C54H94N6O2. The van der Waals surface area contributed by atoms with E-state index in [-0.39, 0.29) is 0 Å². The molecule has 0 amide bonds. The molecule has 0 aromatic carbocycles. The molecule has 8 nitrogen and oxygen atoms in total. The van der Waals surface area contributed by atoms with Gasteiger partial charge in [-0.25, -0.2) is 0 Å². The second-order valence-electron chi connectivity index (χ2n) is 25.2.